The molecular weight excluding hydrogens is 174 g/mol. The maximum Gasteiger partial charge on any atom is 0.346 e. The summed E-state index contributed by atoms with van der Waals surface area (Å²) < 4.78 is 0. The summed E-state index contributed by atoms with van der Waals surface area (Å²) in [4.78, 5) is 11.1. The summed E-state index contributed by atoms with van der Waals surface area (Å²) >= 11 is 1.39. The summed E-state index contributed by atoms with van der Waals surface area (Å²) in [5.74, 6) is -1.19. The average Bonchev–Trinajstić information content (AvgIpc) is 2.51. The zero-order valence-corrected chi connectivity index (χ0v) is 6.84. The van der Waals surface area contributed by atoms with Gasteiger partial charge in [-0.05, 0) is 17.5 Å². The molecule has 0 saturated heterocycles. The topological polar surface area (TPSA) is 61.1 Å². The van der Waals surface area contributed by atoms with E-state index in [4.69, 9.17) is 10.4 Å². The van der Waals surface area contributed by atoms with Gasteiger partial charge in [0.05, 0.1) is 0 Å². The van der Waals surface area contributed by atoms with Crippen molar-refractivity contribution in [3.8, 4) is 6.07 Å². The minimum Gasteiger partial charge on any atom is -0.477 e. The average molecular weight is 179 g/mol. The van der Waals surface area contributed by atoms with Crippen molar-refractivity contribution in [2.45, 2.75) is 0 Å². The van der Waals surface area contributed by atoms with Gasteiger partial charge >= 0.3 is 5.97 Å². The van der Waals surface area contributed by atoms with Gasteiger partial charge in [0.1, 0.15) is 11.6 Å². The van der Waals surface area contributed by atoms with Gasteiger partial charge in [-0.25, -0.2) is 4.79 Å². The van der Waals surface area contributed by atoms with E-state index in [1.807, 2.05) is 5.38 Å². The van der Waals surface area contributed by atoms with Gasteiger partial charge in [-0.2, -0.15) is 5.26 Å². The van der Waals surface area contributed by atoms with Crippen LogP contribution in [0.2, 0.25) is 0 Å². The molecule has 1 aromatic rings. The second-order valence-corrected chi connectivity index (χ2v) is 2.97. The second-order valence-electron chi connectivity index (χ2n) is 1.99. The third kappa shape index (κ3) is 1.94. The largest absolute Gasteiger partial charge is 0.477 e. The fourth-order valence-corrected chi connectivity index (χ4v) is 1.31. The van der Waals surface area contributed by atoms with E-state index >= 15 is 0 Å². The molecule has 4 heteroatoms. The lowest BCUT2D eigenvalue weighted by molar-refractivity contribution is -0.132. The molecule has 12 heavy (non-hydrogen) atoms. The van der Waals surface area contributed by atoms with Crippen LogP contribution in [0.15, 0.2) is 23.1 Å². The minimum absolute atomic E-state index is 0.238. The Bertz CT molecular complexity index is 346. The summed E-state index contributed by atoms with van der Waals surface area (Å²) in [5, 5.41) is 18.7. The summed E-state index contributed by atoms with van der Waals surface area (Å²) in [5.41, 5.74) is -0.238. The summed E-state index contributed by atoms with van der Waals surface area (Å²) in [7, 11) is 0. The first-order valence-corrected chi connectivity index (χ1v) is 4.00. The van der Waals surface area contributed by atoms with Crippen LogP contribution in [0.25, 0.3) is 6.08 Å². The van der Waals surface area contributed by atoms with E-state index in [0.29, 0.717) is 0 Å². The fourth-order valence-electron chi connectivity index (χ4n) is 0.657. The van der Waals surface area contributed by atoms with Crippen LogP contribution in [0.1, 0.15) is 4.88 Å². The van der Waals surface area contributed by atoms with Gasteiger partial charge in [-0.15, -0.1) is 11.3 Å². The van der Waals surface area contributed by atoms with Gasteiger partial charge in [-0.3, -0.25) is 0 Å². The third-order valence-electron chi connectivity index (χ3n) is 1.18. The molecule has 1 heterocycles. The van der Waals surface area contributed by atoms with Crippen molar-refractivity contribution in [2.24, 2.45) is 0 Å². The number of carbonyl (C=O) groups is 1. The van der Waals surface area contributed by atoms with E-state index in [9.17, 15) is 4.79 Å². The first kappa shape index (κ1) is 8.50. The van der Waals surface area contributed by atoms with E-state index in [1.165, 1.54) is 17.4 Å². The number of carboxylic acids is 1. The molecule has 0 aromatic carbocycles. The lowest BCUT2D eigenvalue weighted by Crippen LogP contribution is -1.96. The highest BCUT2D eigenvalue weighted by Gasteiger charge is 2.05. The maximum atomic E-state index is 10.4. The van der Waals surface area contributed by atoms with Crippen LogP contribution in [-0.4, -0.2) is 11.1 Å². The molecule has 0 fully saturated rings. The highest BCUT2D eigenvalue weighted by molar-refractivity contribution is 7.10. The molecule has 0 unspecified atom stereocenters. The number of nitriles is 1. The summed E-state index contributed by atoms with van der Waals surface area (Å²) in [6, 6.07) is 5.16. The van der Waals surface area contributed by atoms with Crippen molar-refractivity contribution in [3.63, 3.8) is 0 Å². The van der Waals surface area contributed by atoms with Crippen molar-refractivity contribution >= 4 is 23.4 Å². The number of hydrogen-bond donors (Lipinski definition) is 1. The van der Waals surface area contributed by atoms with Crippen LogP contribution in [-0.2, 0) is 4.79 Å². The quantitative estimate of drug-likeness (QED) is 0.555. The van der Waals surface area contributed by atoms with E-state index < -0.39 is 5.97 Å². The number of nitrogens with zero attached hydrogens (tertiary/aromatic N) is 1. The van der Waals surface area contributed by atoms with Crippen molar-refractivity contribution in [1.82, 2.24) is 0 Å². The van der Waals surface area contributed by atoms with Crippen LogP contribution in [0.4, 0.5) is 0 Å². The predicted octanol–water partition coefficient (Wildman–Crippen LogP) is 1.74. The Kier molecular flexibility index (Phi) is 2.62. The molecule has 0 aliphatic heterocycles. The molecule has 0 amide bonds. The first-order valence-electron chi connectivity index (χ1n) is 3.12. The number of thiophene rings is 1. The lowest BCUT2D eigenvalue weighted by Gasteiger charge is -1.86. The monoisotopic (exact) mass is 179 g/mol. The van der Waals surface area contributed by atoms with Crippen molar-refractivity contribution in [2.75, 3.05) is 0 Å². The molecule has 0 atom stereocenters. The lowest BCUT2D eigenvalue weighted by atomic mass is 10.2. The zero-order valence-electron chi connectivity index (χ0n) is 6.02. The Morgan fingerprint density at radius 2 is 2.50 bits per heavy atom. The Labute approximate surface area is 73.2 Å². The second kappa shape index (κ2) is 3.69. The van der Waals surface area contributed by atoms with Gasteiger partial charge in [-0.1, -0.05) is 6.07 Å². The van der Waals surface area contributed by atoms with Gasteiger partial charge < -0.3 is 5.11 Å². The SMILES string of the molecule is N#C/C(=C/c1cccs1)C(=O)O. The van der Waals surface area contributed by atoms with Crippen molar-refractivity contribution < 1.29 is 9.90 Å². The Morgan fingerprint density at radius 3 is 2.92 bits per heavy atom. The number of rotatable bonds is 2. The molecule has 1 aromatic heterocycles. The standard InChI is InChI=1S/C8H5NO2S/c9-5-6(8(10)11)4-7-2-1-3-12-7/h1-4H,(H,10,11)/b6-4-. The van der Waals surface area contributed by atoms with Crippen molar-refractivity contribution in [1.29, 1.82) is 5.26 Å². The van der Waals surface area contributed by atoms with Gasteiger partial charge in [0.2, 0.25) is 0 Å². The van der Waals surface area contributed by atoms with Crippen molar-refractivity contribution in [3.05, 3.63) is 28.0 Å². The van der Waals surface area contributed by atoms with E-state index in [-0.39, 0.29) is 5.57 Å². The van der Waals surface area contributed by atoms with E-state index in [2.05, 4.69) is 0 Å². The maximum absolute atomic E-state index is 10.4. The normalized spacial score (nSPS) is 10.8. The molecule has 0 spiro atoms. The van der Waals surface area contributed by atoms with Crippen LogP contribution in [0.5, 0.6) is 0 Å². The predicted molar refractivity (Wildman–Crippen MR) is 45.5 cm³/mol. The smallest absolute Gasteiger partial charge is 0.346 e. The zero-order chi connectivity index (χ0) is 8.97. The molecule has 0 bridgehead atoms. The molecule has 60 valence electrons. The fraction of sp³-hybridized carbons (Fsp3) is 0. The number of carboxylic acid groups (broad SMARTS) is 1. The molecular formula is C8H5NO2S. The van der Waals surface area contributed by atoms with Crippen LogP contribution in [0.3, 0.4) is 0 Å². The first-order chi connectivity index (χ1) is 5.74. The molecule has 1 N–H and O–H groups in total. The van der Waals surface area contributed by atoms with E-state index in [1.54, 1.807) is 18.2 Å². The highest BCUT2D eigenvalue weighted by atomic mass is 32.1. The molecule has 3 nitrogen and oxygen atoms in total. The molecule has 1 rings (SSSR count). The molecule has 0 saturated carbocycles. The van der Waals surface area contributed by atoms with Crippen LogP contribution < -0.4 is 0 Å². The van der Waals surface area contributed by atoms with Gasteiger partial charge in [0, 0.05) is 4.88 Å². The Balaban J connectivity index is 2.95. The Hall–Kier alpha value is -1.60. The molecule has 0 radical (unpaired) electrons. The van der Waals surface area contributed by atoms with Gasteiger partial charge in [0.25, 0.3) is 0 Å². The number of aliphatic carboxylic acids is 1. The highest BCUT2D eigenvalue weighted by Crippen LogP contribution is 2.12. The van der Waals surface area contributed by atoms with E-state index in [0.717, 1.165) is 4.88 Å². The molecule has 0 aliphatic carbocycles. The minimum atomic E-state index is -1.19. The van der Waals surface area contributed by atoms with Crippen LogP contribution in [0, 0.1) is 11.3 Å². The third-order valence-corrected chi connectivity index (χ3v) is 2.00. The number of hydrogen-bond acceptors (Lipinski definition) is 3. The summed E-state index contributed by atoms with van der Waals surface area (Å²) in [6.45, 7) is 0. The van der Waals surface area contributed by atoms with Gasteiger partial charge in [0.15, 0.2) is 0 Å². The molecule has 0 aliphatic rings. The Morgan fingerprint density at radius 1 is 1.75 bits per heavy atom. The van der Waals surface area contributed by atoms with Crippen LogP contribution >= 0.6 is 11.3 Å². The summed E-state index contributed by atoms with van der Waals surface area (Å²) in [6.07, 6.45) is 1.35.